The maximum Gasteiger partial charge on any atom is 0.245 e. The van der Waals surface area contributed by atoms with Crippen molar-refractivity contribution in [3.63, 3.8) is 0 Å². The Hall–Kier alpha value is -1.56. The molecule has 0 saturated heterocycles. The van der Waals surface area contributed by atoms with E-state index in [1.807, 2.05) is 0 Å². The molecule has 2 N–H and O–H groups in total. The van der Waals surface area contributed by atoms with Crippen LogP contribution in [0.5, 0.6) is 5.75 Å². The molecule has 0 fully saturated rings. The van der Waals surface area contributed by atoms with Crippen LogP contribution >= 0.6 is 0 Å². The second-order valence-electron chi connectivity index (χ2n) is 4.76. The summed E-state index contributed by atoms with van der Waals surface area (Å²) in [6.45, 7) is 4.44. The van der Waals surface area contributed by atoms with Crippen molar-refractivity contribution >= 4 is 21.4 Å². The van der Waals surface area contributed by atoms with Crippen molar-refractivity contribution < 1.29 is 18.3 Å². The van der Waals surface area contributed by atoms with Crippen LogP contribution in [0.4, 0.5) is 5.69 Å². The number of aryl methyl sites for hydroxylation is 1. The molecule has 0 bridgehead atoms. The van der Waals surface area contributed by atoms with Crippen molar-refractivity contribution in [1.29, 1.82) is 0 Å². The van der Waals surface area contributed by atoms with E-state index in [9.17, 15) is 18.3 Å². The molecule has 1 aromatic rings. The highest BCUT2D eigenvalue weighted by molar-refractivity contribution is 7.92. The number of phenolic OH excluding ortho intramolecular Hbond substituents is 1. The zero-order valence-corrected chi connectivity index (χ0v) is 11.6. The summed E-state index contributed by atoms with van der Waals surface area (Å²) in [7, 11) is -3.54. The minimum Gasteiger partial charge on any atom is -0.506 e. The molecular formula is C12H17NO4S. The molecule has 0 aromatic heterocycles. The Labute approximate surface area is 107 Å². The monoisotopic (exact) mass is 271 g/mol. The first-order valence-corrected chi connectivity index (χ1v) is 7.25. The Morgan fingerprint density at radius 1 is 1.33 bits per heavy atom. The van der Waals surface area contributed by atoms with Crippen molar-refractivity contribution in [1.82, 2.24) is 0 Å². The van der Waals surface area contributed by atoms with Crippen LogP contribution in [0.3, 0.4) is 0 Å². The van der Waals surface area contributed by atoms with Gasteiger partial charge in [0.05, 0.1) is 5.69 Å². The first-order chi connectivity index (χ1) is 8.05. The fourth-order valence-electron chi connectivity index (χ4n) is 1.19. The summed E-state index contributed by atoms with van der Waals surface area (Å²) >= 11 is 0. The Kier molecular flexibility index (Phi) is 3.71. The topological polar surface area (TPSA) is 83.5 Å². The number of phenols is 1. The molecule has 1 aromatic carbocycles. The molecule has 5 nitrogen and oxygen atoms in total. The van der Waals surface area contributed by atoms with Crippen molar-refractivity contribution in [2.45, 2.75) is 25.5 Å². The highest BCUT2D eigenvalue weighted by Gasteiger charge is 2.38. The molecule has 1 amide bonds. The number of carbonyl (C=O) groups is 1. The molecule has 0 aliphatic rings. The summed E-state index contributed by atoms with van der Waals surface area (Å²) in [4.78, 5) is 11.9. The molecule has 0 radical (unpaired) electrons. The van der Waals surface area contributed by atoms with Gasteiger partial charge in [-0.1, -0.05) is 6.07 Å². The summed E-state index contributed by atoms with van der Waals surface area (Å²) in [5.74, 6) is -0.767. The van der Waals surface area contributed by atoms with Gasteiger partial charge >= 0.3 is 0 Å². The number of sulfone groups is 1. The molecule has 0 unspecified atom stereocenters. The Morgan fingerprint density at radius 3 is 2.33 bits per heavy atom. The number of aromatic hydroxyl groups is 1. The average Bonchev–Trinajstić information content (AvgIpc) is 2.20. The summed E-state index contributed by atoms with van der Waals surface area (Å²) in [6.07, 6.45) is 1.00. The first kappa shape index (κ1) is 14.5. The van der Waals surface area contributed by atoms with Crippen molar-refractivity contribution in [2.24, 2.45) is 0 Å². The van der Waals surface area contributed by atoms with E-state index < -0.39 is 20.5 Å². The molecular weight excluding hydrogens is 254 g/mol. The van der Waals surface area contributed by atoms with E-state index in [4.69, 9.17) is 0 Å². The number of benzene rings is 1. The van der Waals surface area contributed by atoms with E-state index in [0.29, 0.717) is 0 Å². The van der Waals surface area contributed by atoms with Crippen molar-refractivity contribution in [3.05, 3.63) is 23.8 Å². The molecule has 0 atom stereocenters. The fourth-order valence-corrected chi connectivity index (χ4v) is 1.58. The van der Waals surface area contributed by atoms with Crippen LogP contribution in [0.2, 0.25) is 0 Å². The van der Waals surface area contributed by atoms with E-state index in [2.05, 4.69) is 5.32 Å². The maximum atomic E-state index is 11.9. The summed E-state index contributed by atoms with van der Waals surface area (Å²) < 4.78 is 21.4. The van der Waals surface area contributed by atoms with Gasteiger partial charge in [0, 0.05) is 6.26 Å². The lowest BCUT2D eigenvalue weighted by Gasteiger charge is -2.21. The van der Waals surface area contributed by atoms with Crippen LogP contribution in [-0.4, -0.2) is 30.4 Å². The van der Waals surface area contributed by atoms with Crippen LogP contribution in [0, 0.1) is 6.92 Å². The molecule has 0 saturated carbocycles. The van der Waals surface area contributed by atoms with Crippen LogP contribution in [0.1, 0.15) is 19.4 Å². The Balaban J connectivity index is 3.02. The average molecular weight is 271 g/mol. The number of hydrogen-bond donors (Lipinski definition) is 2. The van der Waals surface area contributed by atoms with Gasteiger partial charge in [-0.2, -0.15) is 0 Å². The number of anilines is 1. The van der Waals surface area contributed by atoms with Gasteiger partial charge in [-0.05, 0) is 38.5 Å². The highest BCUT2D eigenvalue weighted by Crippen LogP contribution is 2.26. The van der Waals surface area contributed by atoms with Crippen LogP contribution in [0.25, 0.3) is 0 Å². The number of amides is 1. The van der Waals surface area contributed by atoms with E-state index in [-0.39, 0.29) is 11.4 Å². The third-order valence-corrected chi connectivity index (χ3v) is 4.91. The molecule has 6 heteroatoms. The maximum absolute atomic E-state index is 11.9. The molecule has 0 heterocycles. The van der Waals surface area contributed by atoms with Crippen molar-refractivity contribution in [2.75, 3.05) is 11.6 Å². The summed E-state index contributed by atoms with van der Waals surface area (Å²) in [5, 5.41) is 12.1. The predicted molar refractivity (Wildman–Crippen MR) is 70.4 cm³/mol. The third kappa shape index (κ3) is 2.81. The molecule has 0 spiro atoms. The highest BCUT2D eigenvalue weighted by atomic mass is 32.2. The molecule has 100 valence electrons. The quantitative estimate of drug-likeness (QED) is 0.815. The lowest BCUT2D eigenvalue weighted by Crippen LogP contribution is -2.43. The fraction of sp³-hybridized carbons (Fsp3) is 0.417. The van der Waals surface area contributed by atoms with Gasteiger partial charge in [0.25, 0.3) is 0 Å². The van der Waals surface area contributed by atoms with Gasteiger partial charge in [-0.15, -0.1) is 0 Å². The minimum atomic E-state index is -3.54. The Morgan fingerprint density at radius 2 is 1.89 bits per heavy atom. The molecule has 0 aliphatic carbocycles. The number of hydrogen-bond acceptors (Lipinski definition) is 4. The van der Waals surface area contributed by atoms with Gasteiger partial charge in [0.2, 0.25) is 5.91 Å². The third-order valence-electron chi connectivity index (χ3n) is 2.88. The molecule has 1 rings (SSSR count). The second-order valence-corrected chi connectivity index (χ2v) is 7.32. The SMILES string of the molecule is Cc1ccc(NC(=O)C(C)(C)S(C)(=O)=O)c(O)c1. The number of carbonyl (C=O) groups excluding carboxylic acids is 1. The van der Waals surface area contributed by atoms with E-state index in [1.54, 1.807) is 13.0 Å². The predicted octanol–water partition coefficient (Wildman–Crippen LogP) is 1.46. The largest absolute Gasteiger partial charge is 0.506 e. The summed E-state index contributed by atoms with van der Waals surface area (Å²) in [5.41, 5.74) is 1.04. The van der Waals surface area contributed by atoms with E-state index >= 15 is 0 Å². The van der Waals surface area contributed by atoms with Crippen molar-refractivity contribution in [3.8, 4) is 5.75 Å². The van der Waals surface area contributed by atoms with Crippen LogP contribution in [-0.2, 0) is 14.6 Å². The van der Waals surface area contributed by atoms with E-state index in [1.165, 1.54) is 26.0 Å². The van der Waals surface area contributed by atoms with Crippen LogP contribution in [0.15, 0.2) is 18.2 Å². The summed E-state index contributed by atoms with van der Waals surface area (Å²) in [6, 6.07) is 4.73. The zero-order valence-electron chi connectivity index (χ0n) is 10.8. The van der Waals surface area contributed by atoms with Crippen LogP contribution < -0.4 is 5.32 Å². The smallest absolute Gasteiger partial charge is 0.245 e. The lowest BCUT2D eigenvalue weighted by atomic mass is 10.1. The Bertz CT molecular complexity index is 576. The minimum absolute atomic E-state index is 0.0901. The normalized spacial score (nSPS) is 12.2. The number of nitrogens with one attached hydrogen (secondary N) is 1. The van der Waals surface area contributed by atoms with Gasteiger partial charge < -0.3 is 10.4 Å². The first-order valence-electron chi connectivity index (χ1n) is 5.36. The van der Waals surface area contributed by atoms with E-state index in [0.717, 1.165) is 11.8 Å². The lowest BCUT2D eigenvalue weighted by molar-refractivity contribution is -0.117. The van der Waals surface area contributed by atoms with Gasteiger partial charge in [-0.25, -0.2) is 8.42 Å². The second kappa shape index (κ2) is 4.61. The standard InChI is InChI=1S/C12H17NO4S/c1-8-5-6-9(10(14)7-8)13-11(15)12(2,3)18(4,16)17/h5-7,14H,1-4H3,(H,13,15). The zero-order chi connectivity index (χ0) is 14.1. The van der Waals surface area contributed by atoms with Gasteiger partial charge in [0.1, 0.15) is 10.5 Å². The molecule has 18 heavy (non-hydrogen) atoms. The van der Waals surface area contributed by atoms with Gasteiger partial charge in [0.15, 0.2) is 9.84 Å². The van der Waals surface area contributed by atoms with Gasteiger partial charge in [-0.3, -0.25) is 4.79 Å². The molecule has 0 aliphatic heterocycles. The number of rotatable bonds is 3.